The highest BCUT2D eigenvalue weighted by Gasteiger charge is 2.24. The SMILES string of the molecule is Cc1cc(C)cc(S(=O)(=O)NC2CCC(=O)NC2)c1. The van der Waals surface area contributed by atoms with Gasteiger partial charge in [0.25, 0.3) is 0 Å². The summed E-state index contributed by atoms with van der Waals surface area (Å²) in [5, 5.41) is 2.66. The van der Waals surface area contributed by atoms with Crippen molar-refractivity contribution in [2.45, 2.75) is 37.6 Å². The summed E-state index contributed by atoms with van der Waals surface area (Å²) in [6.45, 7) is 4.09. The van der Waals surface area contributed by atoms with Gasteiger partial charge in [-0.2, -0.15) is 0 Å². The maximum absolute atomic E-state index is 12.3. The van der Waals surface area contributed by atoms with Gasteiger partial charge in [-0.05, 0) is 43.5 Å². The molecule has 19 heavy (non-hydrogen) atoms. The zero-order chi connectivity index (χ0) is 14.0. The minimum atomic E-state index is -3.52. The summed E-state index contributed by atoms with van der Waals surface area (Å²) in [6, 6.07) is 5.00. The second-order valence-corrected chi connectivity index (χ2v) is 6.70. The highest BCUT2D eigenvalue weighted by molar-refractivity contribution is 7.89. The molecule has 104 valence electrons. The van der Waals surface area contributed by atoms with E-state index in [1.165, 1.54) is 0 Å². The average molecular weight is 282 g/mol. The molecule has 1 aromatic rings. The Morgan fingerprint density at radius 2 is 1.84 bits per heavy atom. The number of carbonyl (C=O) groups excluding carboxylic acids is 1. The van der Waals surface area contributed by atoms with Gasteiger partial charge >= 0.3 is 0 Å². The zero-order valence-corrected chi connectivity index (χ0v) is 11.9. The van der Waals surface area contributed by atoms with Gasteiger partial charge in [-0.15, -0.1) is 0 Å². The number of aryl methyl sites for hydroxylation is 2. The zero-order valence-electron chi connectivity index (χ0n) is 11.1. The minimum Gasteiger partial charge on any atom is -0.355 e. The molecule has 1 aromatic carbocycles. The molecule has 5 nitrogen and oxygen atoms in total. The standard InChI is InChI=1S/C13H18N2O3S/c1-9-5-10(2)7-12(6-9)19(17,18)15-11-3-4-13(16)14-8-11/h5-7,11,15H,3-4,8H2,1-2H3,(H,14,16). The normalized spacial score (nSPS) is 20.1. The van der Waals surface area contributed by atoms with Crippen LogP contribution in [0, 0.1) is 13.8 Å². The summed E-state index contributed by atoms with van der Waals surface area (Å²) in [7, 11) is -3.52. The molecule has 0 radical (unpaired) electrons. The van der Waals surface area contributed by atoms with E-state index in [2.05, 4.69) is 10.0 Å². The molecule has 1 fully saturated rings. The number of benzene rings is 1. The van der Waals surface area contributed by atoms with Crippen molar-refractivity contribution in [1.29, 1.82) is 0 Å². The second-order valence-electron chi connectivity index (χ2n) is 4.98. The first-order valence-corrected chi connectivity index (χ1v) is 7.72. The van der Waals surface area contributed by atoms with Crippen LogP contribution in [0.3, 0.4) is 0 Å². The first kappa shape index (κ1) is 14.0. The minimum absolute atomic E-state index is 0.0261. The molecule has 0 spiro atoms. The van der Waals surface area contributed by atoms with Crippen LogP contribution in [0.2, 0.25) is 0 Å². The first-order chi connectivity index (χ1) is 8.87. The van der Waals surface area contributed by atoms with E-state index in [9.17, 15) is 13.2 Å². The summed E-state index contributed by atoms with van der Waals surface area (Å²) in [4.78, 5) is 11.3. The van der Waals surface area contributed by atoms with Crippen molar-refractivity contribution >= 4 is 15.9 Å². The van der Waals surface area contributed by atoms with Gasteiger partial charge in [-0.1, -0.05) is 6.07 Å². The predicted molar refractivity (Wildman–Crippen MR) is 72.3 cm³/mol. The largest absolute Gasteiger partial charge is 0.355 e. The van der Waals surface area contributed by atoms with E-state index >= 15 is 0 Å². The fraction of sp³-hybridized carbons (Fsp3) is 0.462. The third kappa shape index (κ3) is 3.54. The van der Waals surface area contributed by atoms with Crippen LogP contribution in [-0.2, 0) is 14.8 Å². The molecule has 6 heteroatoms. The van der Waals surface area contributed by atoms with E-state index in [0.29, 0.717) is 19.4 Å². The van der Waals surface area contributed by atoms with Crippen molar-refractivity contribution in [3.05, 3.63) is 29.3 Å². The Hall–Kier alpha value is -1.40. The van der Waals surface area contributed by atoms with Crippen LogP contribution in [0.4, 0.5) is 0 Å². The molecular formula is C13H18N2O3S. The molecule has 1 saturated heterocycles. The smallest absolute Gasteiger partial charge is 0.240 e. The molecule has 1 atom stereocenters. The Bertz CT molecular complexity index is 566. The van der Waals surface area contributed by atoms with E-state index in [0.717, 1.165) is 11.1 Å². The van der Waals surface area contributed by atoms with Gasteiger partial charge < -0.3 is 5.32 Å². The summed E-state index contributed by atoms with van der Waals surface area (Å²) < 4.78 is 27.2. The van der Waals surface area contributed by atoms with Crippen LogP contribution in [-0.4, -0.2) is 26.9 Å². The summed E-state index contributed by atoms with van der Waals surface area (Å²) in [5.74, 6) is -0.0261. The number of sulfonamides is 1. The van der Waals surface area contributed by atoms with Gasteiger partial charge in [0.2, 0.25) is 15.9 Å². The Morgan fingerprint density at radius 3 is 2.37 bits per heavy atom. The van der Waals surface area contributed by atoms with Crippen LogP contribution in [0.15, 0.2) is 23.1 Å². The van der Waals surface area contributed by atoms with Crippen LogP contribution in [0.5, 0.6) is 0 Å². The first-order valence-electron chi connectivity index (χ1n) is 6.24. The van der Waals surface area contributed by atoms with Gasteiger partial charge in [-0.25, -0.2) is 13.1 Å². The lowest BCUT2D eigenvalue weighted by molar-refractivity contribution is -0.122. The van der Waals surface area contributed by atoms with Crippen molar-refractivity contribution in [3.8, 4) is 0 Å². The lowest BCUT2D eigenvalue weighted by Crippen LogP contribution is -2.47. The fourth-order valence-electron chi connectivity index (χ4n) is 2.21. The fourth-order valence-corrected chi connectivity index (χ4v) is 3.67. The quantitative estimate of drug-likeness (QED) is 0.863. The molecule has 2 rings (SSSR count). The van der Waals surface area contributed by atoms with E-state index < -0.39 is 10.0 Å². The maximum Gasteiger partial charge on any atom is 0.240 e. The van der Waals surface area contributed by atoms with E-state index in [1.807, 2.05) is 19.9 Å². The Balaban J connectivity index is 2.16. The van der Waals surface area contributed by atoms with Crippen molar-refractivity contribution in [1.82, 2.24) is 10.0 Å². The monoisotopic (exact) mass is 282 g/mol. The summed E-state index contributed by atoms with van der Waals surface area (Å²) in [6.07, 6.45) is 0.899. The molecule has 1 amide bonds. The third-order valence-electron chi connectivity index (χ3n) is 3.09. The van der Waals surface area contributed by atoms with Crippen LogP contribution >= 0.6 is 0 Å². The lowest BCUT2D eigenvalue weighted by atomic mass is 10.1. The summed E-state index contributed by atoms with van der Waals surface area (Å²) in [5.41, 5.74) is 1.83. The van der Waals surface area contributed by atoms with Gasteiger partial charge in [-0.3, -0.25) is 4.79 Å². The molecule has 0 saturated carbocycles. The van der Waals surface area contributed by atoms with Gasteiger partial charge in [0.05, 0.1) is 4.90 Å². The van der Waals surface area contributed by atoms with E-state index in [4.69, 9.17) is 0 Å². The Labute approximate surface area is 113 Å². The van der Waals surface area contributed by atoms with E-state index in [1.54, 1.807) is 12.1 Å². The van der Waals surface area contributed by atoms with Gasteiger partial charge in [0, 0.05) is 19.0 Å². The molecule has 1 heterocycles. The highest BCUT2D eigenvalue weighted by atomic mass is 32.2. The number of amides is 1. The maximum atomic E-state index is 12.3. The molecule has 1 aliphatic heterocycles. The number of carbonyl (C=O) groups is 1. The van der Waals surface area contributed by atoms with Crippen LogP contribution in [0.1, 0.15) is 24.0 Å². The van der Waals surface area contributed by atoms with Crippen molar-refractivity contribution in [3.63, 3.8) is 0 Å². The topological polar surface area (TPSA) is 75.3 Å². The molecule has 1 unspecified atom stereocenters. The molecule has 0 aromatic heterocycles. The number of rotatable bonds is 3. The van der Waals surface area contributed by atoms with E-state index in [-0.39, 0.29) is 16.8 Å². The molecule has 2 N–H and O–H groups in total. The molecule has 0 aliphatic carbocycles. The number of hydrogen-bond acceptors (Lipinski definition) is 3. The van der Waals surface area contributed by atoms with Crippen molar-refractivity contribution in [2.24, 2.45) is 0 Å². The average Bonchev–Trinajstić information content (AvgIpc) is 2.31. The lowest BCUT2D eigenvalue weighted by Gasteiger charge is -2.23. The van der Waals surface area contributed by atoms with Crippen LogP contribution in [0.25, 0.3) is 0 Å². The Morgan fingerprint density at radius 1 is 1.21 bits per heavy atom. The highest BCUT2D eigenvalue weighted by Crippen LogP contribution is 2.15. The predicted octanol–water partition coefficient (Wildman–Crippen LogP) is 0.860. The summed E-state index contributed by atoms with van der Waals surface area (Å²) >= 11 is 0. The Kier molecular flexibility index (Phi) is 3.91. The number of piperidine rings is 1. The molecule has 0 bridgehead atoms. The molecular weight excluding hydrogens is 264 g/mol. The van der Waals surface area contributed by atoms with Gasteiger partial charge in [0.1, 0.15) is 0 Å². The molecule has 1 aliphatic rings. The van der Waals surface area contributed by atoms with Crippen molar-refractivity contribution < 1.29 is 13.2 Å². The van der Waals surface area contributed by atoms with Crippen LogP contribution < -0.4 is 10.0 Å². The number of nitrogens with one attached hydrogen (secondary N) is 2. The third-order valence-corrected chi connectivity index (χ3v) is 4.59. The van der Waals surface area contributed by atoms with Crippen molar-refractivity contribution in [2.75, 3.05) is 6.54 Å². The van der Waals surface area contributed by atoms with Gasteiger partial charge in [0.15, 0.2) is 0 Å². The number of hydrogen-bond donors (Lipinski definition) is 2. The second kappa shape index (κ2) is 5.30.